The van der Waals surface area contributed by atoms with Gasteiger partial charge in [0.05, 0.1) is 24.4 Å². The van der Waals surface area contributed by atoms with Gasteiger partial charge in [0.15, 0.2) is 12.6 Å². The fraction of sp³-hybridized carbons (Fsp3) is 0.926. The Kier molecular flexibility index (Phi) is 8.99. The molecule has 14 unspecified atom stereocenters. The van der Waals surface area contributed by atoms with Gasteiger partial charge in [0.2, 0.25) is 0 Å². The van der Waals surface area contributed by atoms with Gasteiger partial charge in [0, 0.05) is 0 Å². The van der Waals surface area contributed by atoms with Crippen molar-refractivity contribution in [2.24, 2.45) is 17.3 Å². The van der Waals surface area contributed by atoms with Crippen molar-refractivity contribution >= 4 is 0 Å². The van der Waals surface area contributed by atoms with Crippen LogP contribution in [0.25, 0.3) is 0 Å². The number of fused-ring (bicyclic) bond motifs is 1. The molecule has 4 fully saturated rings. The summed E-state index contributed by atoms with van der Waals surface area (Å²) in [6, 6.07) is 0. The van der Waals surface area contributed by atoms with E-state index in [2.05, 4.69) is 13.5 Å². The zero-order chi connectivity index (χ0) is 28.2. The molecule has 220 valence electrons. The molecule has 0 aromatic carbocycles. The zero-order valence-corrected chi connectivity index (χ0v) is 22.7. The maximum absolute atomic E-state index is 10.5. The lowest BCUT2D eigenvalue weighted by Gasteiger charge is -2.54. The van der Waals surface area contributed by atoms with E-state index in [1.165, 1.54) is 0 Å². The highest BCUT2D eigenvalue weighted by molar-refractivity contribution is 5.18. The molecule has 2 aliphatic carbocycles. The summed E-state index contributed by atoms with van der Waals surface area (Å²) in [6.07, 6.45) is -8.80. The van der Waals surface area contributed by atoms with E-state index in [0.29, 0.717) is 6.42 Å². The summed E-state index contributed by atoms with van der Waals surface area (Å²) in [6.45, 7) is 11.6. The van der Waals surface area contributed by atoms with Gasteiger partial charge >= 0.3 is 0 Å². The summed E-state index contributed by atoms with van der Waals surface area (Å²) in [4.78, 5) is 0. The Bertz CT molecular complexity index is 836. The summed E-state index contributed by atoms with van der Waals surface area (Å²) in [5.41, 5.74) is 0.131. The van der Waals surface area contributed by atoms with E-state index in [4.69, 9.17) is 18.9 Å². The molecule has 38 heavy (non-hydrogen) atoms. The van der Waals surface area contributed by atoms with Gasteiger partial charge in [0.25, 0.3) is 0 Å². The predicted octanol–water partition coefficient (Wildman–Crippen LogP) is -0.433. The summed E-state index contributed by atoms with van der Waals surface area (Å²) in [5.74, 6) is 0.134. The third-order valence-electron chi connectivity index (χ3n) is 9.62. The second-order valence-electron chi connectivity index (χ2n) is 12.5. The first-order valence-corrected chi connectivity index (χ1v) is 13.7. The van der Waals surface area contributed by atoms with Gasteiger partial charge in [-0.3, -0.25) is 0 Å². The fourth-order valence-electron chi connectivity index (χ4n) is 6.77. The van der Waals surface area contributed by atoms with E-state index in [1.807, 2.05) is 13.8 Å². The minimum atomic E-state index is -1.51. The van der Waals surface area contributed by atoms with Crippen molar-refractivity contribution in [1.82, 2.24) is 0 Å². The Morgan fingerprint density at radius 3 is 2.16 bits per heavy atom. The summed E-state index contributed by atoms with van der Waals surface area (Å²) < 4.78 is 23.6. The molecule has 2 aliphatic heterocycles. The number of hydrogen-bond acceptors (Lipinski definition) is 11. The number of aliphatic hydroxyl groups is 7. The molecule has 7 N–H and O–H groups in total. The summed E-state index contributed by atoms with van der Waals surface area (Å²) in [7, 11) is 0. The minimum absolute atomic E-state index is 0.00538. The van der Waals surface area contributed by atoms with Crippen LogP contribution in [0.3, 0.4) is 0 Å². The van der Waals surface area contributed by atoms with E-state index in [-0.39, 0.29) is 17.3 Å². The van der Waals surface area contributed by atoms with Gasteiger partial charge in [0.1, 0.15) is 42.7 Å². The van der Waals surface area contributed by atoms with Crippen molar-refractivity contribution in [3.63, 3.8) is 0 Å². The molecule has 4 rings (SSSR count). The molecule has 2 heterocycles. The molecular weight excluding hydrogens is 500 g/mol. The second-order valence-corrected chi connectivity index (χ2v) is 12.5. The third-order valence-corrected chi connectivity index (χ3v) is 9.62. The van der Waals surface area contributed by atoms with Crippen molar-refractivity contribution in [3.8, 4) is 0 Å². The van der Waals surface area contributed by atoms with Crippen LogP contribution in [0, 0.1) is 17.3 Å². The minimum Gasteiger partial charge on any atom is -0.394 e. The maximum Gasteiger partial charge on any atom is 0.187 e. The summed E-state index contributed by atoms with van der Waals surface area (Å²) >= 11 is 0. The van der Waals surface area contributed by atoms with Gasteiger partial charge in [-0.15, -0.1) is 0 Å². The molecular formula is C27H46O11. The first kappa shape index (κ1) is 30.3. The average Bonchev–Trinajstić information content (AvgIpc) is 2.87. The van der Waals surface area contributed by atoms with Crippen LogP contribution >= 0.6 is 0 Å². The Morgan fingerprint density at radius 1 is 0.895 bits per heavy atom. The topological polar surface area (TPSA) is 179 Å². The first-order chi connectivity index (χ1) is 17.7. The fourth-order valence-corrected chi connectivity index (χ4v) is 6.77. The number of hydrogen-bond donors (Lipinski definition) is 7. The number of aliphatic hydroxyl groups excluding tert-OH is 7. The van der Waals surface area contributed by atoms with Crippen LogP contribution in [0.1, 0.15) is 59.8 Å². The van der Waals surface area contributed by atoms with Gasteiger partial charge in [-0.1, -0.05) is 13.5 Å². The van der Waals surface area contributed by atoms with Crippen LogP contribution < -0.4 is 0 Å². The summed E-state index contributed by atoms with van der Waals surface area (Å²) in [5, 5.41) is 70.9. The second kappa shape index (κ2) is 11.3. The molecule has 0 aromatic heterocycles. The number of ether oxygens (including phenoxy) is 4. The van der Waals surface area contributed by atoms with Crippen molar-refractivity contribution in [3.05, 3.63) is 12.2 Å². The van der Waals surface area contributed by atoms with Crippen LogP contribution in [0.5, 0.6) is 0 Å². The third kappa shape index (κ3) is 5.58. The molecule has 0 bridgehead atoms. The van der Waals surface area contributed by atoms with Crippen molar-refractivity contribution in [1.29, 1.82) is 0 Å². The average molecular weight is 547 g/mol. The lowest BCUT2D eigenvalue weighted by molar-refractivity contribution is -0.324. The molecule has 0 amide bonds. The largest absolute Gasteiger partial charge is 0.394 e. The molecule has 4 aliphatic rings. The molecule has 2 saturated carbocycles. The van der Waals surface area contributed by atoms with E-state index < -0.39 is 79.7 Å². The number of rotatable bonds is 6. The SMILES string of the molecule is C=C1C(OC2OC(CO)C(O)C(O)C2O)CCC2(C)CCC(C(C)(C)OC3OC(C)C(O)C(O)C3O)CC12. The highest BCUT2D eigenvalue weighted by atomic mass is 16.7. The van der Waals surface area contributed by atoms with Crippen LogP contribution in [-0.4, -0.2) is 115 Å². The standard InChI is InChI=1S/C27H46O11/c1-12-15-10-14(26(3,4)38-25-23(34)20(31)18(29)13(2)35-25)6-8-27(15,5)9-7-16(12)36-24-22(33)21(32)19(30)17(11-28)37-24/h13-25,28-34H,1,6-11H2,2-5H3. The molecule has 11 nitrogen and oxygen atoms in total. The maximum atomic E-state index is 10.5. The molecule has 14 atom stereocenters. The molecule has 0 radical (unpaired) electrons. The first-order valence-electron chi connectivity index (χ1n) is 13.7. The van der Waals surface area contributed by atoms with Gasteiger partial charge in [-0.2, -0.15) is 0 Å². The lowest BCUT2D eigenvalue weighted by atomic mass is 9.54. The highest BCUT2D eigenvalue weighted by Crippen LogP contribution is 2.56. The van der Waals surface area contributed by atoms with Gasteiger partial charge < -0.3 is 54.7 Å². The quantitative estimate of drug-likeness (QED) is 0.170. The smallest absolute Gasteiger partial charge is 0.187 e. The van der Waals surface area contributed by atoms with Crippen molar-refractivity contribution in [2.75, 3.05) is 6.61 Å². The van der Waals surface area contributed by atoms with E-state index in [9.17, 15) is 35.7 Å². The Hall–Kier alpha value is -0.700. The van der Waals surface area contributed by atoms with Crippen molar-refractivity contribution in [2.45, 2.75) is 133 Å². The Morgan fingerprint density at radius 2 is 1.50 bits per heavy atom. The predicted molar refractivity (Wildman–Crippen MR) is 133 cm³/mol. The van der Waals surface area contributed by atoms with Gasteiger partial charge in [-0.25, -0.2) is 0 Å². The highest BCUT2D eigenvalue weighted by Gasteiger charge is 2.52. The molecule has 11 heteroatoms. The van der Waals surface area contributed by atoms with Crippen LogP contribution in [0.15, 0.2) is 12.2 Å². The Labute approximate surface area is 224 Å². The van der Waals surface area contributed by atoms with E-state index >= 15 is 0 Å². The van der Waals surface area contributed by atoms with E-state index in [0.717, 1.165) is 31.3 Å². The van der Waals surface area contributed by atoms with Crippen molar-refractivity contribution < 1.29 is 54.7 Å². The lowest BCUT2D eigenvalue weighted by Crippen LogP contribution is -2.60. The monoisotopic (exact) mass is 546 g/mol. The Balaban J connectivity index is 1.44. The van der Waals surface area contributed by atoms with E-state index in [1.54, 1.807) is 6.92 Å². The van der Waals surface area contributed by atoms with Crippen LogP contribution in [0.4, 0.5) is 0 Å². The van der Waals surface area contributed by atoms with Gasteiger partial charge in [-0.05, 0) is 75.7 Å². The normalized spacial score (nSPS) is 50.5. The van der Waals surface area contributed by atoms with Crippen LogP contribution in [0.2, 0.25) is 0 Å². The molecule has 0 aromatic rings. The zero-order valence-electron chi connectivity index (χ0n) is 22.7. The molecule has 2 saturated heterocycles. The molecule has 0 spiro atoms. The van der Waals surface area contributed by atoms with Crippen LogP contribution in [-0.2, 0) is 18.9 Å².